The summed E-state index contributed by atoms with van der Waals surface area (Å²) in [5.41, 5.74) is 7.76. The molecule has 0 spiro atoms. The molecule has 4 heteroatoms. The predicted octanol–water partition coefficient (Wildman–Crippen LogP) is 2.08. The molecular formula is C11H18N2OS. The first-order chi connectivity index (χ1) is 7.19. The van der Waals surface area contributed by atoms with Gasteiger partial charge in [0.2, 0.25) is 0 Å². The molecule has 0 radical (unpaired) electrons. The Kier molecular flexibility index (Phi) is 4.62. The van der Waals surface area contributed by atoms with E-state index in [4.69, 9.17) is 10.5 Å². The minimum atomic E-state index is 0.762. The first-order valence-electron chi connectivity index (χ1n) is 4.82. The quantitative estimate of drug-likeness (QED) is 0.780. The van der Waals surface area contributed by atoms with Crippen LogP contribution >= 0.6 is 11.8 Å². The van der Waals surface area contributed by atoms with Crippen LogP contribution < -0.4 is 15.4 Å². The van der Waals surface area contributed by atoms with Crippen molar-refractivity contribution in [2.24, 2.45) is 0 Å². The second-order valence-electron chi connectivity index (χ2n) is 3.34. The standard InChI is InChI=1S/C11H18N2OS/c1-13(6-7-15-3)11-5-4-9(14-2)8-10(11)12/h4-5,8H,6-7,12H2,1-3H3. The first-order valence-corrected chi connectivity index (χ1v) is 6.22. The molecule has 1 aromatic rings. The number of thioether (sulfide) groups is 1. The molecule has 0 bridgehead atoms. The van der Waals surface area contributed by atoms with E-state index < -0.39 is 0 Å². The SMILES string of the molecule is COc1ccc(N(C)CCSC)c(N)c1. The fourth-order valence-corrected chi connectivity index (χ4v) is 1.81. The molecule has 0 aliphatic rings. The van der Waals surface area contributed by atoms with Crippen molar-refractivity contribution in [3.8, 4) is 5.75 Å². The fourth-order valence-electron chi connectivity index (χ4n) is 1.36. The van der Waals surface area contributed by atoms with Gasteiger partial charge in [0.15, 0.2) is 0 Å². The lowest BCUT2D eigenvalue weighted by Gasteiger charge is -2.20. The zero-order chi connectivity index (χ0) is 11.3. The van der Waals surface area contributed by atoms with Crippen LogP contribution in [0.25, 0.3) is 0 Å². The van der Waals surface area contributed by atoms with Gasteiger partial charge in [-0.3, -0.25) is 0 Å². The maximum absolute atomic E-state index is 5.94. The smallest absolute Gasteiger partial charge is 0.121 e. The molecule has 2 N–H and O–H groups in total. The maximum Gasteiger partial charge on any atom is 0.121 e. The third-order valence-electron chi connectivity index (χ3n) is 2.28. The lowest BCUT2D eigenvalue weighted by atomic mass is 10.2. The predicted molar refractivity (Wildman–Crippen MR) is 69.1 cm³/mol. The third kappa shape index (κ3) is 3.23. The van der Waals surface area contributed by atoms with Gasteiger partial charge in [0.05, 0.1) is 18.5 Å². The molecule has 0 saturated heterocycles. The second kappa shape index (κ2) is 5.75. The topological polar surface area (TPSA) is 38.5 Å². The van der Waals surface area contributed by atoms with Crippen molar-refractivity contribution in [2.75, 3.05) is 43.3 Å². The first kappa shape index (κ1) is 12.0. The number of benzene rings is 1. The monoisotopic (exact) mass is 226 g/mol. The molecule has 0 amide bonds. The number of ether oxygens (including phenoxy) is 1. The minimum absolute atomic E-state index is 0.762. The van der Waals surface area contributed by atoms with E-state index >= 15 is 0 Å². The van der Waals surface area contributed by atoms with Crippen LogP contribution in [-0.4, -0.2) is 32.7 Å². The normalized spacial score (nSPS) is 10.1. The van der Waals surface area contributed by atoms with Gasteiger partial charge in [-0.1, -0.05) is 0 Å². The molecule has 3 nitrogen and oxygen atoms in total. The molecule has 1 aromatic carbocycles. The summed E-state index contributed by atoms with van der Waals surface area (Å²) < 4.78 is 5.11. The Labute approximate surface area is 95.6 Å². The highest BCUT2D eigenvalue weighted by molar-refractivity contribution is 7.98. The van der Waals surface area contributed by atoms with Gasteiger partial charge in [0, 0.05) is 25.4 Å². The van der Waals surface area contributed by atoms with Gasteiger partial charge in [-0.15, -0.1) is 0 Å². The van der Waals surface area contributed by atoms with E-state index in [1.54, 1.807) is 7.11 Å². The summed E-state index contributed by atoms with van der Waals surface area (Å²) in [6.45, 7) is 0.998. The number of nitrogen functional groups attached to an aromatic ring is 1. The molecule has 1 rings (SSSR count). The number of hydrogen-bond acceptors (Lipinski definition) is 4. The van der Waals surface area contributed by atoms with Crippen LogP contribution in [0, 0.1) is 0 Å². The molecule has 0 aliphatic carbocycles. The summed E-state index contributed by atoms with van der Waals surface area (Å²) in [6.07, 6.45) is 2.10. The van der Waals surface area contributed by atoms with E-state index in [1.807, 2.05) is 37.0 Å². The number of methoxy groups -OCH3 is 1. The fraction of sp³-hybridized carbons (Fsp3) is 0.455. The molecule has 0 atom stereocenters. The zero-order valence-corrected chi connectivity index (χ0v) is 10.3. The molecule has 15 heavy (non-hydrogen) atoms. The molecule has 0 aliphatic heterocycles. The summed E-state index contributed by atoms with van der Waals surface area (Å²) in [6, 6.07) is 5.78. The van der Waals surface area contributed by atoms with Crippen LogP contribution in [0.3, 0.4) is 0 Å². The Balaban J connectivity index is 2.76. The van der Waals surface area contributed by atoms with Crippen molar-refractivity contribution in [1.29, 1.82) is 0 Å². The second-order valence-corrected chi connectivity index (χ2v) is 4.32. The summed E-state index contributed by atoms with van der Waals surface area (Å²) in [5, 5.41) is 0. The molecule has 0 fully saturated rings. The van der Waals surface area contributed by atoms with Crippen LogP contribution in [0.15, 0.2) is 18.2 Å². The van der Waals surface area contributed by atoms with Gasteiger partial charge in [-0.25, -0.2) is 0 Å². The van der Waals surface area contributed by atoms with Crippen molar-refractivity contribution in [3.05, 3.63) is 18.2 Å². The van der Waals surface area contributed by atoms with Gasteiger partial charge >= 0.3 is 0 Å². The Hall–Kier alpha value is -1.03. The van der Waals surface area contributed by atoms with E-state index in [-0.39, 0.29) is 0 Å². The Morgan fingerprint density at radius 3 is 2.73 bits per heavy atom. The highest BCUT2D eigenvalue weighted by Crippen LogP contribution is 2.26. The van der Waals surface area contributed by atoms with Crippen molar-refractivity contribution in [2.45, 2.75) is 0 Å². The number of anilines is 2. The van der Waals surface area contributed by atoms with Crippen LogP contribution in [0.4, 0.5) is 11.4 Å². The van der Waals surface area contributed by atoms with Crippen LogP contribution in [0.1, 0.15) is 0 Å². The van der Waals surface area contributed by atoms with Crippen molar-refractivity contribution in [1.82, 2.24) is 0 Å². The Morgan fingerprint density at radius 2 is 2.20 bits per heavy atom. The molecular weight excluding hydrogens is 208 g/mol. The third-order valence-corrected chi connectivity index (χ3v) is 2.87. The number of hydrogen-bond donors (Lipinski definition) is 1. The maximum atomic E-state index is 5.94. The molecule has 0 heterocycles. The minimum Gasteiger partial charge on any atom is -0.497 e. The highest BCUT2D eigenvalue weighted by atomic mass is 32.2. The van der Waals surface area contributed by atoms with E-state index in [2.05, 4.69) is 11.2 Å². The van der Waals surface area contributed by atoms with Gasteiger partial charge in [0.1, 0.15) is 5.75 Å². The summed E-state index contributed by atoms with van der Waals surface area (Å²) >= 11 is 1.83. The van der Waals surface area contributed by atoms with Crippen LogP contribution in [0.5, 0.6) is 5.75 Å². The van der Waals surface area contributed by atoms with E-state index in [0.717, 1.165) is 29.4 Å². The molecule has 84 valence electrons. The zero-order valence-electron chi connectivity index (χ0n) is 9.49. The summed E-state index contributed by atoms with van der Waals surface area (Å²) in [4.78, 5) is 2.16. The van der Waals surface area contributed by atoms with Crippen LogP contribution in [-0.2, 0) is 0 Å². The van der Waals surface area contributed by atoms with E-state index in [1.165, 1.54) is 0 Å². The van der Waals surface area contributed by atoms with Crippen molar-refractivity contribution in [3.63, 3.8) is 0 Å². The molecule has 0 aromatic heterocycles. The number of nitrogens with zero attached hydrogens (tertiary/aromatic N) is 1. The lowest BCUT2D eigenvalue weighted by Crippen LogP contribution is -2.21. The average Bonchev–Trinajstić information content (AvgIpc) is 2.25. The Bertz CT molecular complexity index is 317. The van der Waals surface area contributed by atoms with Gasteiger partial charge in [-0.2, -0.15) is 11.8 Å². The van der Waals surface area contributed by atoms with Gasteiger partial charge < -0.3 is 15.4 Å². The van der Waals surface area contributed by atoms with Gasteiger partial charge in [-0.05, 0) is 18.4 Å². The van der Waals surface area contributed by atoms with E-state index in [0.29, 0.717) is 0 Å². The van der Waals surface area contributed by atoms with Crippen molar-refractivity contribution < 1.29 is 4.74 Å². The average molecular weight is 226 g/mol. The molecule has 0 unspecified atom stereocenters. The lowest BCUT2D eigenvalue weighted by molar-refractivity contribution is 0.415. The Morgan fingerprint density at radius 1 is 1.47 bits per heavy atom. The summed E-state index contributed by atoms with van der Waals surface area (Å²) in [5.74, 6) is 1.90. The van der Waals surface area contributed by atoms with Crippen LogP contribution in [0.2, 0.25) is 0 Å². The van der Waals surface area contributed by atoms with Crippen molar-refractivity contribution >= 4 is 23.1 Å². The van der Waals surface area contributed by atoms with E-state index in [9.17, 15) is 0 Å². The number of rotatable bonds is 5. The summed E-state index contributed by atoms with van der Waals surface area (Å²) in [7, 11) is 3.69. The molecule has 0 saturated carbocycles. The largest absolute Gasteiger partial charge is 0.497 e. The van der Waals surface area contributed by atoms with Gasteiger partial charge in [0.25, 0.3) is 0 Å². The number of nitrogens with two attached hydrogens (primary N) is 1. The highest BCUT2D eigenvalue weighted by Gasteiger charge is 2.05.